The van der Waals surface area contributed by atoms with E-state index >= 15 is 0 Å². The second-order valence-corrected chi connectivity index (χ2v) is 8.48. The van der Waals surface area contributed by atoms with E-state index in [-0.39, 0.29) is 17.9 Å². The summed E-state index contributed by atoms with van der Waals surface area (Å²) in [4.78, 5) is 31.4. The number of ether oxygens (including phenoxy) is 1. The third kappa shape index (κ3) is 4.16. The Morgan fingerprint density at radius 1 is 0.875 bits per heavy atom. The number of likely N-dealkylation sites (N-methyl/N-ethyl adjacent to an activating group) is 1. The average molecular weight is 433 g/mol. The van der Waals surface area contributed by atoms with E-state index in [1.807, 2.05) is 66.4 Å². The largest absolute Gasteiger partial charge is 0.496 e. The third-order valence-corrected chi connectivity index (χ3v) is 6.56. The second-order valence-electron chi connectivity index (χ2n) is 8.48. The van der Waals surface area contributed by atoms with Gasteiger partial charge in [0.15, 0.2) is 0 Å². The van der Waals surface area contributed by atoms with Crippen molar-refractivity contribution >= 4 is 23.1 Å². The molecule has 5 nitrogen and oxygen atoms in total. The predicted molar refractivity (Wildman–Crippen MR) is 127 cm³/mol. The summed E-state index contributed by atoms with van der Waals surface area (Å²) in [6.07, 6.45) is 7.43. The van der Waals surface area contributed by atoms with Crippen molar-refractivity contribution in [1.82, 2.24) is 4.90 Å². The molecule has 0 bridgehead atoms. The second kappa shape index (κ2) is 10.0. The van der Waals surface area contributed by atoms with Crippen molar-refractivity contribution in [3.63, 3.8) is 0 Å². The first-order valence-corrected chi connectivity index (χ1v) is 11.8. The number of imide groups is 1. The number of nitrogens with zero attached hydrogens (tertiary/aromatic N) is 2. The van der Waals surface area contributed by atoms with E-state index in [2.05, 4.69) is 0 Å². The zero-order valence-corrected chi connectivity index (χ0v) is 19.0. The highest BCUT2D eigenvalue weighted by Gasteiger charge is 2.45. The molecule has 1 fully saturated rings. The van der Waals surface area contributed by atoms with Crippen LogP contribution >= 0.6 is 0 Å². The molecule has 0 unspecified atom stereocenters. The molecule has 0 atom stereocenters. The molecule has 0 spiro atoms. The van der Waals surface area contributed by atoms with Crippen LogP contribution in [0.2, 0.25) is 0 Å². The molecule has 2 aliphatic rings. The van der Waals surface area contributed by atoms with Crippen LogP contribution in [0.3, 0.4) is 0 Å². The van der Waals surface area contributed by atoms with Crippen molar-refractivity contribution in [1.29, 1.82) is 0 Å². The molecule has 1 aliphatic heterocycles. The van der Waals surface area contributed by atoms with E-state index < -0.39 is 0 Å². The van der Waals surface area contributed by atoms with Gasteiger partial charge in [0, 0.05) is 23.8 Å². The van der Waals surface area contributed by atoms with E-state index in [0.29, 0.717) is 29.1 Å². The molecule has 0 N–H and O–H groups in total. The van der Waals surface area contributed by atoms with Crippen LogP contribution in [0.15, 0.2) is 60.3 Å². The lowest BCUT2D eigenvalue weighted by atomic mass is 9.95. The van der Waals surface area contributed by atoms with Gasteiger partial charge in [-0.3, -0.25) is 14.5 Å². The maximum Gasteiger partial charge on any atom is 0.278 e. The van der Waals surface area contributed by atoms with Crippen LogP contribution in [0.25, 0.3) is 5.57 Å². The monoisotopic (exact) mass is 432 g/mol. The van der Waals surface area contributed by atoms with Crippen LogP contribution in [-0.2, 0) is 9.59 Å². The number of methoxy groups -OCH3 is 1. The molecule has 2 amide bonds. The topological polar surface area (TPSA) is 49.9 Å². The van der Waals surface area contributed by atoms with Gasteiger partial charge in [-0.15, -0.1) is 0 Å². The van der Waals surface area contributed by atoms with Crippen LogP contribution in [0.1, 0.15) is 57.4 Å². The van der Waals surface area contributed by atoms with Gasteiger partial charge in [0.1, 0.15) is 11.4 Å². The summed E-state index contributed by atoms with van der Waals surface area (Å²) in [5.74, 6) is 0.214. The number of anilines is 1. The third-order valence-electron chi connectivity index (χ3n) is 6.56. The lowest BCUT2D eigenvalue weighted by molar-refractivity contribution is -0.140. The Bertz CT molecular complexity index is 991. The highest BCUT2D eigenvalue weighted by molar-refractivity contribution is 6.37. The molecule has 168 valence electrons. The lowest BCUT2D eigenvalue weighted by Gasteiger charge is -2.30. The van der Waals surface area contributed by atoms with Gasteiger partial charge >= 0.3 is 0 Å². The van der Waals surface area contributed by atoms with Crippen LogP contribution in [-0.4, -0.2) is 36.4 Å². The van der Waals surface area contributed by atoms with E-state index in [9.17, 15) is 9.59 Å². The Morgan fingerprint density at radius 3 is 2.16 bits per heavy atom. The summed E-state index contributed by atoms with van der Waals surface area (Å²) >= 11 is 0. The number of hydrogen-bond donors (Lipinski definition) is 0. The maximum absolute atomic E-state index is 13.9. The van der Waals surface area contributed by atoms with E-state index in [1.54, 1.807) is 12.0 Å². The van der Waals surface area contributed by atoms with Gasteiger partial charge in [0.2, 0.25) is 0 Å². The quantitative estimate of drug-likeness (QED) is 0.573. The van der Waals surface area contributed by atoms with Crippen molar-refractivity contribution in [2.75, 3.05) is 18.6 Å². The molecule has 0 radical (unpaired) electrons. The summed E-state index contributed by atoms with van der Waals surface area (Å²) in [6.45, 7) is 2.59. The first kappa shape index (κ1) is 22.1. The van der Waals surface area contributed by atoms with Crippen molar-refractivity contribution in [3.05, 3.63) is 65.9 Å². The molecule has 2 aromatic carbocycles. The zero-order valence-electron chi connectivity index (χ0n) is 19.0. The van der Waals surface area contributed by atoms with Gasteiger partial charge in [-0.1, -0.05) is 68.5 Å². The summed E-state index contributed by atoms with van der Waals surface area (Å²) in [7, 11) is 1.60. The van der Waals surface area contributed by atoms with Crippen molar-refractivity contribution in [3.8, 4) is 5.75 Å². The van der Waals surface area contributed by atoms with Crippen LogP contribution in [0.5, 0.6) is 5.75 Å². The highest BCUT2D eigenvalue weighted by atomic mass is 16.5. The normalized spacial score (nSPS) is 18.0. The zero-order chi connectivity index (χ0) is 22.5. The standard InChI is InChI=1S/C27H32N2O3/c1-3-28(20-14-10-7-11-15-20)25-24(22-18-12-13-19-23(22)32-2)26(30)29(27(25)31)21-16-8-5-4-6-9-17-21/h7,10-15,18-19,21H,3-6,8-9,16-17H2,1-2H3. The number of hydrogen-bond acceptors (Lipinski definition) is 4. The molecular weight excluding hydrogens is 400 g/mol. The Morgan fingerprint density at radius 2 is 1.50 bits per heavy atom. The number of benzene rings is 2. The van der Waals surface area contributed by atoms with Crippen LogP contribution in [0.4, 0.5) is 5.69 Å². The summed E-state index contributed by atoms with van der Waals surface area (Å²) < 4.78 is 5.59. The molecule has 1 heterocycles. The molecule has 0 saturated heterocycles. The smallest absolute Gasteiger partial charge is 0.278 e. The van der Waals surface area contributed by atoms with Crippen molar-refractivity contribution in [2.45, 2.75) is 57.9 Å². The SMILES string of the molecule is CCN(C1=C(c2ccccc2OC)C(=O)N(C2CCCCCCC2)C1=O)c1ccccc1. The van der Waals surface area contributed by atoms with Crippen LogP contribution < -0.4 is 9.64 Å². The Labute approximate surface area is 190 Å². The minimum atomic E-state index is -0.200. The number of carbonyl (C=O) groups excluding carboxylic acids is 2. The molecule has 4 rings (SSSR count). The van der Waals surface area contributed by atoms with E-state index in [0.717, 1.165) is 44.2 Å². The fourth-order valence-corrected chi connectivity index (χ4v) is 4.98. The fraction of sp³-hybridized carbons (Fsp3) is 0.407. The van der Waals surface area contributed by atoms with Gasteiger partial charge in [0.05, 0.1) is 12.7 Å². The van der Waals surface area contributed by atoms with Gasteiger partial charge in [-0.05, 0) is 38.0 Å². The first-order chi connectivity index (χ1) is 15.7. The highest BCUT2D eigenvalue weighted by Crippen LogP contribution is 2.39. The Hall–Kier alpha value is -3.08. The van der Waals surface area contributed by atoms with E-state index in [4.69, 9.17) is 4.74 Å². The minimum Gasteiger partial charge on any atom is -0.496 e. The van der Waals surface area contributed by atoms with Gasteiger partial charge < -0.3 is 9.64 Å². The van der Waals surface area contributed by atoms with Crippen molar-refractivity contribution < 1.29 is 14.3 Å². The van der Waals surface area contributed by atoms with E-state index in [1.165, 1.54) is 6.42 Å². The minimum absolute atomic E-state index is 0.0491. The van der Waals surface area contributed by atoms with Gasteiger partial charge in [-0.25, -0.2) is 0 Å². The number of para-hydroxylation sites is 2. The summed E-state index contributed by atoms with van der Waals surface area (Å²) in [5, 5.41) is 0. The van der Waals surface area contributed by atoms with Gasteiger partial charge in [0.25, 0.3) is 11.8 Å². The maximum atomic E-state index is 13.9. The van der Waals surface area contributed by atoms with Crippen LogP contribution in [0, 0.1) is 0 Å². The van der Waals surface area contributed by atoms with Crippen molar-refractivity contribution in [2.24, 2.45) is 0 Å². The summed E-state index contributed by atoms with van der Waals surface area (Å²) in [6, 6.07) is 17.3. The average Bonchev–Trinajstić information content (AvgIpc) is 3.05. The first-order valence-electron chi connectivity index (χ1n) is 11.8. The fourth-order valence-electron chi connectivity index (χ4n) is 4.98. The molecule has 32 heavy (non-hydrogen) atoms. The lowest BCUT2D eigenvalue weighted by Crippen LogP contribution is -2.43. The molecule has 0 aromatic heterocycles. The number of carbonyl (C=O) groups is 2. The molecule has 1 aliphatic carbocycles. The Kier molecular flexibility index (Phi) is 6.93. The summed E-state index contributed by atoms with van der Waals surface area (Å²) in [5.41, 5.74) is 2.47. The number of amides is 2. The molecule has 2 aromatic rings. The molecule has 1 saturated carbocycles. The Balaban J connectivity index is 1.84. The molecule has 5 heteroatoms. The predicted octanol–water partition coefficient (Wildman–Crippen LogP) is 5.41. The van der Waals surface area contributed by atoms with Gasteiger partial charge in [-0.2, -0.15) is 0 Å². The number of rotatable bonds is 6. The molecular formula is C27H32N2O3.